The average molecular weight is 281 g/mol. The zero-order valence-electron chi connectivity index (χ0n) is 9.58. The minimum Gasteiger partial charge on any atom is -0.508 e. The van der Waals surface area contributed by atoms with E-state index in [9.17, 15) is 10.2 Å². The van der Waals surface area contributed by atoms with Crippen LogP contribution < -0.4 is 0 Å². The number of phenols is 1. The number of benzene rings is 2. The van der Waals surface area contributed by atoms with Gasteiger partial charge in [-0.15, -0.1) is 11.8 Å². The molecule has 0 aliphatic carbocycles. The predicted octanol–water partition coefficient (Wildman–Crippen LogP) is 3.87. The Morgan fingerprint density at radius 3 is 2.39 bits per heavy atom. The minimum atomic E-state index is -0.577. The number of hydrogen-bond donors (Lipinski definition) is 2. The first-order valence-electron chi connectivity index (χ1n) is 5.51. The molecule has 4 heteroatoms. The Kier molecular flexibility index (Phi) is 4.53. The maximum absolute atomic E-state index is 10.0. The van der Waals surface area contributed by atoms with Crippen LogP contribution in [-0.2, 0) is 0 Å². The molecule has 0 bridgehead atoms. The maximum atomic E-state index is 10.0. The lowest BCUT2D eigenvalue weighted by molar-refractivity contribution is 0.204. The summed E-state index contributed by atoms with van der Waals surface area (Å²) in [4.78, 5) is 0.956. The van der Waals surface area contributed by atoms with Crippen LogP contribution in [0.25, 0.3) is 0 Å². The minimum absolute atomic E-state index is 0.199. The molecule has 0 saturated carbocycles. The van der Waals surface area contributed by atoms with Gasteiger partial charge in [-0.1, -0.05) is 35.9 Å². The second-order valence-corrected chi connectivity index (χ2v) is 5.32. The zero-order chi connectivity index (χ0) is 13.0. The number of thioether (sulfide) groups is 1. The molecule has 0 fully saturated rings. The predicted molar refractivity (Wildman–Crippen MR) is 75.2 cm³/mol. The third-order valence-corrected chi connectivity index (χ3v) is 4.10. The maximum Gasteiger partial charge on any atom is 0.115 e. The van der Waals surface area contributed by atoms with Gasteiger partial charge >= 0.3 is 0 Å². The molecule has 0 heterocycles. The van der Waals surface area contributed by atoms with Crippen LogP contribution in [0.3, 0.4) is 0 Å². The number of halogens is 1. The molecule has 1 atom stereocenters. The molecule has 2 rings (SSSR count). The summed E-state index contributed by atoms with van der Waals surface area (Å²) in [5.74, 6) is 0.721. The average Bonchev–Trinajstić information content (AvgIpc) is 2.38. The summed E-state index contributed by atoms with van der Waals surface area (Å²) in [5, 5.41) is 19.9. The fraction of sp³-hybridized carbons (Fsp3) is 0.143. The first kappa shape index (κ1) is 13.3. The van der Waals surface area contributed by atoms with Crippen LogP contribution in [0.15, 0.2) is 53.4 Å². The normalized spacial score (nSPS) is 12.3. The number of aromatic hydroxyl groups is 1. The molecule has 2 N–H and O–H groups in total. The van der Waals surface area contributed by atoms with E-state index in [0.29, 0.717) is 10.8 Å². The van der Waals surface area contributed by atoms with Crippen LogP contribution >= 0.6 is 23.4 Å². The van der Waals surface area contributed by atoms with Gasteiger partial charge in [0.25, 0.3) is 0 Å². The van der Waals surface area contributed by atoms with E-state index in [4.69, 9.17) is 11.6 Å². The smallest absolute Gasteiger partial charge is 0.115 e. The highest BCUT2D eigenvalue weighted by Crippen LogP contribution is 2.30. The fourth-order valence-corrected chi connectivity index (χ4v) is 2.73. The monoisotopic (exact) mass is 280 g/mol. The Morgan fingerprint density at radius 1 is 1.06 bits per heavy atom. The molecule has 0 aliphatic rings. The van der Waals surface area contributed by atoms with Crippen molar-refractivity contribution in [1.29, 1.82) is 0 Å². The van der Waals surface area contributed by atoms with E-state index in [1.165, 1.54) is 11.8 Å². The summed E-state index contributed by atoms with van der Waals surface area (Å²) < 4.78 is 0. The molecule has 0 saturated heterocycles. The van der Waals surface area contributed by atoms with Crippen molar-refractivity contribution in [2.24, 2.45) is 0 Å². The molecule has 0 amide bonds. The quantitative estimate of drug-likeness (QED) is 0.835. The number of phenolic OH excluding ortho intramolecular Hbond substituents is 1. The summed E-state index contributed by atoms with van der Waals surface area (Å²) in [6.45, 7) is 0. The lowest BCUT2D eigenvalue weighted by atomic mass is 10.1. The third-order valence-electron chi connectivity index (χ3n) is 2.51. The van der Waals surface area contributed by atoms with Crippen LogP contribution in [0.4, 0.5) is 0 Å². The van der Waals surface area contributed by atoms with Crippen LogP contribution in [-0.4, -0.2) is 16.0 Å². The summed E-state index contributed by atoms with van der Waals surface area (Å²) in [6.07, 6.45) is -0.577. The van der Waals surface area contributed by atoms with Gasteiger partial charge < -0.3 is 10.2 Å². The molecule has 2 nitrogen and oxygen atoms in total. The van der Waals surface area contributed by atoms with E-state index in [1.54, 1.807) is 24.3 Å². The first-order chi connectivity index (χ1) is 8.66. The molecular weight excluding hydrogens is 268 g/mol. The van der Waals surface area contributed by atoms with Gasteiger partial charge in [0.05, 0.1) is 11.1 Å². The van der Waals surface area contributed by atoms with E-state index in [1.807, 2.05) is 24.3 Å². The van der Waals surface area contributed by atoms with Crippen LogP contribution in [0, 0.1) is 0 Å². The first-order valence-corrected chi connectivity index (χ1v) is 6.87. The summed E-state index contributed by atoms with van der Waals surface area (Å²) in [6, 6.07) is 14.1. The fourth-order valence-electron chi connectivity index (χ4n) is 1.52. The molecule has 0 radical (unpaired) electrons. The van der Waals surface area contributed by atoms with Gasteiger partial charge in [0.1, 0.15) is 5.75 Å². The van der Waals surface area contributed by atoms with Crippen molar-refractivity contribution in [2.75, 3.05) is 5.75 Å². The van der Waals surface area contributed by atoms with Crippen molar-refractivity contribution in [3.05, 3.63) is 59.1 Å². The van der Waals surface area contributed by atoms with Crippen LogP contribution in [0.5, 0.6) is 5.75 Å². The van der Waals surface area contributed by atoms with Crippen molar-refractivity contribution < 1.29 is 10.2 Å². The van der Waals surface area contributed by atoms with Crippen molar-refractivity contribution in [1.82, 2.24) is 0 Å². The second-order valence-electron chi connectivity index (χ2n) is 3.85. The highest BCUT2D eigenvalue weighted by molar-refractivity contribution is 7.99. The van der Waals surface area contributed by atoms with E-state index < -0.39 is 6.10 Å². The highest BCUT2D eigenvalue weighted by atomic mass is 35.5. The Bertz CT molecular complexity index is 513. The van der Waals surface area contributed by atoms with E-state index in [0.717, 1.165) is 10.5 Å². The molecule has 2 aromatic rings. The SMILES string of the molecule is Oc1ccc(C(O)CSc2ccccc2Cl)cc1. The molecule has 0 spiro atoms. The molecule has 0 aliphatic heterocycles. The Morgan fingerprint density at radius 2 is 1.72 bits per heavy atom. The largest absolute Gasteiger partial charge is 0.508 e. The number of hydrogen-bond acceptors (Lipinski definition) is 3. The molecule has 18 heavy (non-hydrogen) atoms. The van der Waals surface area contributed by atoms with Crippen molar-refractivity contribution in [2.45, 2.75) is 11.0 Å². The van der Waals surface area contributed by atoms with Crippen molar-refractivity contribution >= 4 is 23.4 Å². The van der Waals surface area contributed by atoms with Gasteiger partial charge in [-0.05, 0) is 29.8 Å². The van der Waals surface area contributed by atoms with Gasteiger partial charge in [0.15, 0.2) is 0 Å². The van der Waals surface area contributed by atoms with Crippen molar-refractivity contribution in [3.8, 4) is 5.75 Å². The molecule has 0 aromatic heterocycles. The zero-order valence-corrected chi connectivity index (χ0v) is 11.2. The summed E-state index contributed by atoms with van der Waals surface area (Å²) >= 11 is 7.55. The van der Waals surface area contributed by atoms with Gasteiger partial charge in [0.2, 0.25) is 0 Å². The van der Waals surface area contributed by atoms with Gasteiger partial charge in [-0.2, -0.15) is 0 Å². The number of aliphatic hydroxyl groups is 1. The number of rotatable bonds is 4. The molecule has 2 aromatic carbocycles. The Labute approximate surface area is 115 Å². The van der Waals surface area contributed by atoms with Crippen LogP contribution in [0.2, 0.25) is 5.02 Å². The topological polar surface area (TPSA) is 40.5 Å². The van der Waals surface area contributed by atoms with Crippen LogP contribution in [0.1, 0.15) is 11.7 Å². The van der Waals surface area contributed by atoms with Gasteiger partial charge in [-0.25, -0.2) is 0 Å². The molecule has 1 unspecified atom stereocenters. The van der Waals surface area contributed by atoms with E-state index >= 15 is 0 Å². The summed E-state index contributed by atoms with van der Waals surface area (Å²) in [5.41, 5.74) is 0.785. The second kappa shape index (κ2) is 6.14. The van der Waals surface area contributed by atoms with Crippen molar-refractivity contribution in [3.63, 3.8) is 0 Å². The summed E-state index contributed by atoms with van der Waals surface area (Å²) in [7, 11) is 0. The molecular formula is C14H13ClO2S. The van der Waals surface area contributed by atoms with E-state index in [2.05, 4.69) is 0 Å². The molecule has 94 valence electrons. The standard InChI is InChI=1S/C14H13ClO2S/c15-12-3-1-2-4-14(12)18-9-13(17)10-5-7-11(16)8-6-10/h1-8,13,16-17H,9H2. The van der Waals surface area contributed by atoms with Gasteiger partial charge in [-0.3, -0.25) is 0 Å². The lowest BCUT2D eigenvalue weighted by Crippen LogP contribution is -2.00. The number of aliphatic hydroxyl groups excluding tert-OH is 1. The highest BCUT2D eigenvalue weighted by Gasteiger charge is 2.09. The third kappa shape index (κ3) is 3.42. The Hall–Kier alpha value is -1.16. The van der Waals surface area contributed by atoms with Gasteiger partial charge in [0, 0.05) is 10.6 Å². The Balaban J connectivity index is 1.98. The van der Waals surface area contributed by atoms with E-state index in [-0.39, 0.29) is 5.75 Å². The lowest BCUT2D eigenvalue weighted by Gasteiger charge is -2.11.